The van der Waals surface area contributed by atoms with Crippen molar-refractivity contribution in [3.8, 4) is 22.6 Å². The molecule has 0 amide bonds. The van der Waals surface area contributed by atoms with Crippen LogP contribution in [0.5, 0.6) is 11.5 Å². The Kier molecular flexibility index (Phi) is 16.3. The number of ether oxygens (including phenoxy) is 2. The molecule has 0 aliphatic heterocycles. The monoisotopic (exact) mass is 686 g/mol. The van der Waals surface area contributed by atoms with Crippen molar-refractivity contribution < 1.29 is 62.2 Å². The number of aliphatic hydroxyl groups is 1. The number of hydrogen-bond donors (Lipinski definition) is 2. The molecule has 0 radical (unpaired) electrons. The summed E-state index contributed by atoms with van der Waals surface area (Å²) >= 11 is 1.18. The minimum absolute atomic E-state index is 0. The maximum atomic E-state index is 12.4. The second kappa shape index (κ2) is 19.6. The van der Waals surface area contributed by atoms with Crippen LogP contribution < -0.4 is 34.3 Å². The summed E-state index contributed by atoms with van der Waals surface area (Å²) in [5.74, 6) is 0.737. The molecule has 0 spiro atoms. The summed E-state index contributed by atoms with van der Waals surface area (Å²) in [7, 11) is -4.83. The van der Waals surface area contributed by atoms with Crippen molar-refractivity contribution in [3.63, 3.8) is 0 Å². The molecule has 47 heavy (non-hydrogen) atoms. The molecule has 2 N–H and O–H groups in total. The summed E-state index contributed by atoms with van der Waals surface area (Å²) in [6.07, 6.45) is 6.54. The van der Waals surface area contributed by atoms with Gasteiger partial charge in [0.05, 0.1) is 18.1 Å². The Morgan fingerprint density at radius 2 is 1.55 bits per heavy atom. The largest absolute Gasteiger partial charge is 1.00 e. The second-order valence-corrected chi connectivity index (χ2v) is 13.7. The topological polar surface area (TPSA) is 116 Å². The minimum atomic E-state index is -4.83. The van der Waals surface area contributed by atoms with Crippen LogP contribution in [-0.4, -0.2) is 36.4 Å². The number of phenols is 1. The minimum Gasteiger partial charge on any atom is -0.744 e. The van der Waals surface area contributed by atoms with E-state index in [0.717, 1.165) is 41.9 Å². The van der Waals surface area contributed by atoms with Crippen molar-refractivity contribution in [2.45, 2.75) is 86.2 Å². The van der Waals surface area contributed by atoms with E-state index in [1.165, 1.54) is 43.2 Å². The fraction of sp³-hybridized carbons (Fsp3) is 0.351. The Balaban J connectivity index is 0.00000600. The van der Waals surface area contributed by atoms with Gasteiger partial charge >= 0.3 is 29.6 Å². The zero-order chi connectivity index (χ0) is 32.9. The molecule has 10 heteroatoms. The van der Waals surface area contributed by atoms with E-state index in [-0.39, 0.29) is 40.2 Å². The molecule has 1 unspecified atom stereocenters. The molecule has 0 aliphatic rings. The third-order valence-corrected chi connectivity index (χ3v) is 9.66. The van der Waals surface area contributed by atoms with E-state index < -0.39 is 16.2 Å². The van der Waals surface area contributed by atoms with Crippen LogP contribution in [0.4, 0.5) is 0 Å². The molecular formula is C37H43NaO7S2. The van der Waals surface area contributed by atoms with Crippen LogP contribution in [0.3, 0.4) is 0 Å². The predicted octanol–water partition coefficient (Wildman–Crippen LogP) is 5.87. The molecular weight excluding hydrogens is 644 g/mol. The van der Waals surface area contributed by atoms with Crippen LogP contribution in [-0.2, 0) is 21.5 Å². The van der Waals surface area contributed by atoms with E-state index in [4.69, 9.17) is 9.47 Å². The van der Waals surface area contributed by atoms with Gasteiger partial charge in [-0.2, -0.15) is 0 Å². The number of benzene rings is 4. The quantitative estimate of drug-likeness (QED) is 0.0760. The number of phenolic OH excluding ortho intramolecular Hbond substituents is 1. The first-order chi connectivity index (χ1) is 22.2. The molecule has 4 aromatic rings. The predicted molar refractivity (Wildman–Crippen MR) is 181 cm³/mol. The first-order valence-corrected chi connectivity index (χ1v) is 18.1. The van der Waals surface area contributed by atoms with Crippen molar-refractivity contribution in [1.82, 2.24) is 0 Å². The van der Waals surface area contributed by atoms with Crippen molar-refractivity contribution in [1.29, 1.82) is 0 Å². The number of aliphatic hydroxyl groups excluding tert-OH is 1. The fourth-order valence-electron chi connectivity index (χ4n) is 5.14. The van der Waals surface area contributed by atoms with Gasteiger partial charge in [0, 0.05) is 16.4 Å². The molecule has 0 fully saturated rings. The van der Waals surface area contributed by atoms with Gasteiger partial charge in [0.25, 0.3) is 0 Å². The average Bonchev–Trinajstić information content (AvgIpc) is 3.04. The Morgan fingerprint density at radius 3 is 2.28 bits per heavy atom. The molecule has 0 aromatic heterocycles. The van der Waals surface area contributed by atoms with Crippen LogP contribution in [0.1, 0.15) is 81.6 Å². The standard InChI is InChI=1S/C37H44O7S2.Na/c1-3-5-7-8-11-20-43-26-27-22-29(24-30(38)23-27)37(39)34-13-10-9-12-33(34)28-14-19-35(36(25-28)46(40,41)42)45-32-17-15-31(16-18-32)44-21-6-4-2;/h9-10,12-19,22-25,37-39H,3-8,11,20-21,26H2,1-2H3,(H,40,41,42);/q;+1/p-1. The van der Waals surface area contributed by atoms with Crippen molar-refractivity contribution in [2.24, 2.45) is 0 Å². The molecule has 4 aromatic carbocycles. The first-order valence-electron chi connectivity index (χ1n) is 15.9. The maximum Gasteiger partial charge on any atom is 1.00 e. The van der Waals surface area contributed by atoms with Crippen LogP contribution in [0, 0.1) is 0 Å². The molecule has 0 saturated heterocycles. The Bertz CT molecular complexity index is 1660. The molecule has 0 aliphatic carbocycles. The normalized spacial score (nSPS) is 12.0. The van der Waals surface area contributed by atoms with Crippen LogP contribution in [0.2, 0.25) is 0 Å². The van der Waals surface area contributed by atoms with Gasteiger partial charge in [0.1, 0.15) is 27.7 Å². The van der Waals surface area contributed by atoms with Crippen LogP contribution in [0.25, 0.3) is 11.1 Å². The van der Waals surface area contributed by atoms with E-state index >= 15 is 0 Å². The van der Waals surface area contributed by atoms with E-state index in [9.17, 15) is 23.2 Å². The number of unbranched alkanes of at least 4 members (excludes halogenated alkanes) is 5. The average molecular weight is 687 g/mol. The summed E-state index contributed by atoms with van der Waals surface area (Å²) in [6.45, 7) is 5.83. The van der Waals surface area contributed by atoms with Gasteiger partial charge in [-0.1, -0.05) is 94.1 Å². The van der Waals surface area contributed by atoms with Gasteiger partial charge < -0.3 is 24.2 Å². The molecule has 4 rings (SSSR count). The fourth-order valence-corrected chi connectivity index (χ4v) is 6.98. The van der Waals surface area contributed by atoms with Crippen molar-refractivity contribution >= 4 is 21.9 Å². The summed E-state index contributed by atoms with van der Waals surface area (Å²) in [6, 6.07) is 24.0. The zero-order valence-electron chi connectivity index (χ0n) is 27.5. The Labute approximate surface area is 305 Å². The van der Waals surface area contributed by atoms with Crippen LogP contribution in [0.15, 0.2) is 99.6 Å². The van der Waals surface area contributed by atoms with E-state index in [1.54, 1.807) is 48.5 Å². The summed E-state index contributed by atoms with van der Waals surface area (Å²) in [4.78, 5) is 0.727. The van der Waals surface area contributed by atoms with E-state index in [0.29, 0.717) is 47.0 Å². The van der Waals surface area contributed by atoms with Gasteiger partial charge in [-0.05, 0) is 89.2 Å². The Hall–Kier alpha value is -2.34. The molecule has 0 saturated carbocycles. The maximum absolute atomic E-state index is 12.4. The number of hydrogen-bond acceptors (Lipinski definition) is 8. The van der Waals surface area contributed by atoms with Gasteiger partial charge in [0.15, 0.2) is 0 Å². The smallest absolute Gasteiger partial charge is 0.744 e. The van der Waals surface area contributed by atoms with Crippen molar-refractivity contribution in [3.05, 3.63) is 102 Å². The molecule has 7 nitrogen and oxygen atoms in total. The third-order valence-electron chi connectivity index (χ3n) is 7.57. The Morgan fingerprint density at radius 1 is 0.830 bits per heavy atom. The molecule has 1 atom stereocenters. The van der Waals surface area contributed by atoms with Gasteiger partial charge in [-0.15, -0.1) is 0 Å². The van der Waals surface area contributed by atoms with Crippen molar-refractivity contribution in [2.75, 3.05) is 13.2 Å². The SMILES string of the molecule is CCCCCCCOCc1cc(O)cc(C(O)c2ccccc2-c2ccc(Sc3ccc(OCCCC)cc3)c(S(=O)(=O)[O-])c2)c1.[Na+]. The van der Waals surface area contributed by atoms with Gasteiger partial charge in [-0.3, -0.25) is 0 Å². The van der Waals surface area contributed by atoms with Gasteiger partial charge in [-0.25, -0.2) is 8.42 Å². The molecule has 0 bridgehead atoms. The second-order valence-electron chi connectivity index (χ2n) is 11.3. The van der Waals surface area contributed by atoms with E-state index in [2.05, 4.69) is 13.8 Å². The zero-order valence-corrected chi connectivity index (χ0v) is 31.1. The van der Waals surface area contributed by atoms with Gasteiger partial charge in [0.2, 0.25) is 0 Å². The number of aromatic hydroxyl groups is 1. The van der Waals surface area contributed by atoms with E-state index in [1.807, 2.05) is 24.3 Å². The third kappa shape index (κ3) is 11.9. The summed E-state index contributed by atoms with van der Waals surface area (Å²) in [5, 5.41) is 21.9. The number of rotatable bonds is 18. The molecule has 246 valence electrons. The first kappa shape index (κ1) is 39.1. The summed E-state index contributed by atoms with van der Waals surface area (Å²) in [5.41, 5.74) is 2.75. The summed E-state index contributed by atoms with van der Waals surface area (Å²) < 4.78 is 48.9. The van der Waals surface area contributed by atoms with Crippen LogP contribution >= 0.6 is 11.8 Å². The molecule has 0 heterocycles.